The molecular weight excluding hydrogens is 327 g/mol. The number of rotatable bonds is 5. The molecule has 1 amide bonds. The number of anilines is 1. The largest absolute Gasteiger partial charge is 0.348 e. The predicted molar refractivity (Wildman–Crippen MR) is 93.7 cm³/mol. The van der Waals surface area contributed by atoms with E-state index in [2.05, 4.69) is 20.1 Å². The molecule has 5 nitrogen and oxygen atoms in total. The van der Waals surface area contributed by atoms with Crippen molar-refractivity contribution in [1.29, 1.82) is 0 Å². The molecule has 1 aromatic heterocycles. The fraction of sp³-hybridized carbons (Fsp3) is 0.412. The number of nitrogens with zero attached hydrogens (tertiary/aromatic N) is 3. The van der Waals surface area contributed by atoms with Crippen molar-refractivity contribution in [3.8, 4) is 0 Å². The lowest BCUT2D eigenvalue weighted by Crippen LogP contribution is -2.49. The Bertz CT molecular complexity index is 654. The lowest BCUT2D eigenvalue weighted by atomic mass is 10.1. The first kappa shape index (κ1) is 16.9. The van der Waals surface area contributed by atoms with Crippen LogP contribution in [0.5, 0.6) is 0 Å². The standard InChI is InChI=1S/C17H21FN4OS/c1-13(14-2-4-15(18)5-3-14)20-16(23)12-21-7-9-22(10-8-21)17-19-6-11-24-17/h2-6,11,13H,7-10,12H2,1H3,(H,20,23)/t13-/m1/s1. The number of hydrogen-bond donors (Lipinski definition) is 1. The number of piperazine rings is 1. The highest BCUT2D eigenvalue weighted by Gasteiger charge is 2.21. The highest BCUT2D eigenvalue weighted by molar-refractivity contribution is 7.13. The Balaban J connectivity index is 1.45. The van der Waals surface area contributed by atoms with Crippen molar-refractivity contribution in [2.24, 2.45) is 0 Å². The summed E-state index contributed by atoms with van der Waals surface area (Å²) in [7, 11) is 0. The molecule has 2 aromatic rings. The Kier molecular flexibility index (Phi) is 5.42. The van der Waals surface area contributed by atoms with Crippen LogP contribution in [0.2, 0.25) is 0 Å². The molecule has 1 aliphatic heterocycles. The van der Waals surface area contributed by atoms with Gasteiger partial charge in [-0.2, -0.15) is 0 Å². The van der Waals surface area contributed by atoms with Crippen molar-refractivity contribution in [2.75, 3.05) is 37.6 Å². The number of aromatic nitrogens is 1. The van der Waals surface area contributed by atoms with Crippen molar-refractivity contribution in [3.05, 3.63) is 47.2 Å². The van der Waals surface area contributed by atoms with Gasteiger partial charge in [-0.05, 0) is 24.6 Å². The summed E-state index contributed by atoms with van der Waals surface area (Å²) in [6.45, 7) is 5.75. The zero-order valence-corrected chi connectivity index (χ0v) is 14.4. The second-order valence-electron chi connectivity index (χ2n) is 5.92. The van der Waals surface area contributed by atoms with E-state index in [4.69, 9.17) is 0 Å². The minimum Gasteiger partial charge on any atom is -0.348 e. The van der Waals surface area contributed by atoms with Crippen LogP contribution < -0.4 is 10.2 Å². The SMILES string of the molecule is C[C@@H](NC(=O)CN1CCN(c2nccs2)CC1)c1ccc(F)cc1. The predicted octanol–water partition coefficient (Wildman–Crippen LogP) is 2.28. The van der Waals surface area contributed by atoms with E-state index in [1.165, 1.54) is 12.1 Å². The van der Waals surface area contributed by atoms with E-state index < -0.39 is 0 Å². The number of nitrogens with one attached hydrogen (secondary N) is 1. The summed E-state index contributed by atoms with van der Waals surface area (Å²) in [5, 5.41) is 6.00. The van der Waals surface area contributed by atoms with E-state index >= 15 is 0 Å². The fourth-order valence-electron chi connectivity index (χ4n) is 2.79. The first-order valence-corrected chi connectivity index (χ1v) is 8.91. The second kappa shape index (κ2) is 7.72. The van der Waals surface area contributed by atoms with Gasteiger partial charge in [0.1, 0.15) is 5.82 Å². The van der Waals surface area contributed by atoms with E-state index in [1.54, 1.807) is 23.5 Å². The van der Waals surface area contributed by atoms with Crippen LogP contribution >= 0.6 is 11.3 Å². The maximum Gasteiger partial charge on any atom is 0.234 e. The van der Waals surface area contributed by atoms with Gasteiger partial charge in [0.15, 0.2) is 5.13 Å². The van der Waals surface area contributed by atoms with Crippen molar-refractivity contribution in [3.63, 3.8) is 0 Å². The Labute approximate surface area is 145 Å². The number of benzene rings is 1. The maximum atomic E-state index is 13.0. The number of amides is 1. The van der Waals surface area contributed by atoms with Crippen LogP contribution in [0, 0.1) is 5.82 Å². The molecule has 1 aromatic carbocycles. The van der Waals surface area contributed by atoms with E-state index in [0.717, 1.165) is 36.9 Å². The highest BCUT2D eigenvalue weighted by Crippen LogP contribution is 2.19. The molecule has 24 heavy (non-hydrogen) atoms. The Hall–Kier alpha value is -1.99. The molecule has 0 saturated carbocycles. The molecule has 1 saturated heterocycles. The number of hydrogen-bond acceptors (Lipinski definition) is 5. The molecule has 2 heterocycles. The van der Waals surface area contributed by atoms with Gasteiger partial charge in [0.2, 0.25) is 5.91 Å². The van der Waals surface area contributed by atoms with Gasteiger partial charge in [0.25, 0.3) is 0 Å². The molecule has 0 bridgehead atoms. The summed E-state index contributed by atoms with van der Waals surface area (Å²) >= 11 is 1.64. The van der Waals surface area contributed by atoms with Crippen LogP contribution in [-0.4, -0.2) is 48.5 Å². The molecule has 7 heteroatoms. The Morgan fingerprint density at radius 2 is 2.00 bits per heavy atom. The first-order valence-electron chi connectivity index (χ1n) is 8.03. The van der Waals surface area contributed by atoms with Gasteiger partial charge in [-0.25, -0.2) is 9.37 Å². The lowest BCUT2D eigenvalue weighted by molar-refractivity contribution is -0.123. The number of carbonyl (C=O) groups excluding carboxylic acids is 1. The third kappa shape index (κ3) is 4.30. The molecule has 128 valence electrons. The minimum atomic E-state index is -0.268. The van der Waals surface area contributed by atoms with Crippen LogP contribution in [0.4, 0.5) is 9.52 Å². The van der Waals surface area contributed by atoms with Crippen LogP contribution in [0.15, 0.2) is 35.8 Å². The van der Waals surface area contributed by atoms with Crippen molar-refractivity contribution in [2.45, 2.75) is 13.0 Å². The molecule has 0 unspecified atom stereocenters. The molecule has 0 spiro atoms. The van der Waals surface area contributed by atoms with Gasteiger partial charge in [-0.3, -0.25) is 9.69 Å². The number of halogens is 1. The second-order valence-corrected chi connectivity index (χ2v) is 6.79. The quantitative estimate of drug-likeness (QED) is 0.901. The van der Waals surface area contributed by atoms with Crippen molar-refractivity contribution >= 4 is 22.4 Å². The van der Waals surface area contributed by atoms with Gasteiger partial charge in [-0.15, -0.1) is 11.3 Å². The molecule has 1 atom stereocenters. The minimum absolute atomic E-state index is 0.00507. The van der Waals surface area contributed by atoms with E-state index in [-0.39, 0.29) is 17.8 Å². The highest BCUT2D eigenvalue weighted by atomic mass is 32.1. The first-order chi connectivity index (χ1) is 11.6. The van der Waals surface area contributed by atoms with Gasteiger partial charge in [0, 0.05) is 37.8 Å². The third-order valence-electron chi connectivity index (χ3n) is 4.18. The average Bonchev–Trinajstić information content (AvgIpc) is 3.10. The number of carbonyl (C=O) groups is 1. The summed E-state index contributed by atoms with van der Waals surface area (Å²) < 4.78 is 13.0. The van der Waals surface area contributed by atoms with E-state index in [9.17, 15) is 9.18 Å². The van der Waals surface area contributed by atoms with Gasteiger partial charge in [-0.1, -0.05) is 12.1 Å². The smallest absolute Gasteiger partial charge is 0.234 e. The van der Waals surface area contributed by atoms with Crippen molar-refractivity contribution < 1.29 is 9.18 Å². The van der Waals surface area contributed by atoms with Crippen LogP contribution in [0.25, 0.3) is 0 Å². The summed E-state index contributed by atoms with van der Waals surface area (Å²) in [6.07, 6.45) is 1.82. The summed E-state index contributed by atoms with van der Waals surface area (Å²) in [6, 6.07) is 6.10. The van der Waals surface area contributed by atoms with E-state index in [1.807, 2.05) is 18.5 Å². The topological polar surface area (TPSA) is 48.5 Å². The Morgan fingerprint density at radius 1 is 1.29 bits per heavy atom. The van der Waals surface area contributed by atoms with Crippen LogP contribution in [0.3, 0.4) is 0 Å². The lowest BCUT2D eigenvalue weighted by Gasteiger charge is -2.34. The summed E-state index contributed by atoms with van der Waals surface area (Å²) in [4.78, 5) is 20.9. The van der Waals surface area contributed by atoms with E-state index in [0.29, 0.717) is 6.54 Å². The van der Waals surface area contributed by atoms with Gasteiger partial charge in [0.05, 0.1) is 12.6 Å². The molecule has 3 rings (SSSR count). The van der Waals surface area contributed by atoms with Crippen LogP contribution in [-0.2, 0) is 4.79 Å². The fourth-order valence-corrected chi connectivity index (χ4v) is 3.49. The monoisotopic (exact) mass is 348 g/mol. The Morgan fingerprint density at radius 3 is 2.62 bits per heavy atom. The molecule has 0 radical (unpaired) electrons. The molecule has 1 N–H and O–H groups in total. The zero-order chi connectivity index (χ0) is 16.9. The number of thiazole rings is 1. The van der Waals surface area contributed by atoms with Gasteiger partial charge < -0.3 is 10.2 Å². The van der Waals surface area contributed by atoms with Gasteiger partial charge >= 0.3 is 0 Å². The molecular formula is C17H21FN4OS. The van der Waals surface area contributed by atoms with Crippen molar-refractivity contribution in [1.82, 2.24) is 15.2 Å². The third-order valence-corrected chi connectivity index (χ3v) is 5.01. The maximum absolute atomic E-state index is 13.0. The molecule has 1 fully saturated rings. The molecule has 0 aliphatic carbocycles. The van der Waals surface area contributed by atoms with Crippen LogP contribution in [0.1, 0.15) is 18.5 Å². The zero-order valence-electron chi connectivity index (χ0n) is 13.6. The summed E-state index contributed by atoms with van der Waals surface area (Å²) in [5.74, 6) is -0.273. The molecule has 1 aliphatic rings. The normalized spacial score (nSPS) is 16.8. The summed E-state index contributed by atoms with van der Waals surface area (Å²) in [5.41, 5.74) is 0.901. The average molecular weight is 348 g/mol.